The summed E-state index contributed by atoms with van der Waals surface area (Å²) < 4.78 is 3.09. The Hall–Kier alpha value is -1.55. The number of thiocarbonyl (C=S) groups is 1. The summed E-state index contributed by atoms with van der Waals surface area (Å²) in [6.07, 6.45) is 6.69. The number of methoxy groups -OCH3 is 1. The molecule has 1 aromatic rings. The van der Waals surface area contributed by atoms with Crippen LogP contribution in [-0.4, -0.2) is 33.0 Å². The van der Waals surface area contributed by atoms with Crippen LogP contribution in [0.5, 0.6) is 5.75 Å². The zero-order valence-corrected chi connectivity index (χ0v) is 21.2. The van der Waals surface area contributed by atoms with Crippen molar-refractivity contribution >= 4 is 69.4 Å². The van der Waals surface area contributed by atoms with Crippen LogP contribution in [0.25, 0.3) is 0 Å². The van der Waals surface area contributed by atoms with E-state index in [1.807, 2.05) is 0 Å². The molecule has 0 radical (unpaired) electrons. The highest BCUT2D eigenvalue weighted by Crippen LogP contribution is 2.31. The third-order valence-electron chi connectivity index (χ3n) is 4.57. The number of halogens is 3. The molecule has 3 N–H and O–H groups in total. The number of carbonyl (C=O) groups excluding carboxylic acids is 1. The standard InChI is InChI=1S/C20H29Cl3N4O4S/c1-3-4-5-6-7-8-9-10-17(28)25-18(20(21,22)23)26-19(32)24-15-12-11-14(31-2)13-16(15)27(29)30/h11-13,18H,3-10H2,1-2H3,(H,25,28)(H2,24,26,32)/t18-/m1/s1. The van der Waals surface area contributed by atoms with Crippen molar-refractivity contribution in [2.75, 3.05) is 12.4 Å². The summed E-state index contributed by atoms with van der Waals surface area (Å²) in [5, 5.41) is 19.3. The van der Waals surface area contributed by atoms with Crippen LogP contribution in [0.4, 0.5) is 11.4 Å². The number of hydrogen-bond donors (Lipinski definition) is 3. The van der Waals surface area contributed by atoms with Crippen molar-refractivity contribution in [3.05, 3.63) is 28.3 Å². The molecule has 0 aliphatic carbocycles. The van der Waals surface area contributed by atoms with Gasteiger partial charge in [-0.3, -0.25) is 14.9 Å². The molecule has 0 aliphatic heterocycles. The van der Waals surface area contributed by atoms with E-state index >= 15 is 0 Å². The molecule has 8 nitrogen and oxygen atoms in total. The van der Waals surface area contributed by atoms with Crippen LogP contribution in [0.2, 0.25) is 0 Å². The number of benzene rings is 1. The van der Waals surface area contributed by atoms with Crippen molar-refractivity contribution in [1.29, 1.82) is 0 Å². The molecule has 1 aromatic carbocycles. The summed E-state index contributed by atoms with van der Waals surface area (Å²) in [5.74, 6) is 0.0264. The molecule has 12 heteroatoms. The Bertz CT molecular complexity index is 778. The summed E-state index contributed by atoms with van der Waals surface area (Å²) in [4.78, 5) is 23.0. The van der Waals surface area contributed by atoms with E-state index in [-0.39, 0.29) is 28.8 Å². The number of hydrogen-bond acceptors (Lipinski definition) is 5. The first kappa shape index (κ1) is 28.5. The topological polar surface area (TPSA) is 106 Å². The first-order chi connectivity index (χ1) is 15.1. The van der Waals surface area contributed by atoms with Gasteiger partial charge in [0.1, 0.15) is 17.6 Å². The number of amides is 1. The van der Waals surface area contributed by atoms with E-state index in [1.165, 1.54) is 44.6 Å². The number of anilines is 1. The number of alkyl halides is 3. The minimum Gasteiger partial charge on any atom is -0.496 e. The van der Waals surface area contributed by atoms with Gasteiger partial charge in [-0.25, -0.2) is 0 Å². The van der Waals surface area contributed by atoms with Gasteiger partial charge in [0.15, 0.2) is 5.11 Å². The van der Waals surface area contributed by atoms with Crippen molar-refractivity contribution in [3.63, 3.8) is 0 Å². The number of nitro benzene ring substituents is 1. The molecule has 32 heavy (non-hydrogen) atoms. The number of nitrogens with one attached hydrogen (secondary N) is 3. The normalized spacial score (nSPS) is 12.0. The van der Waals surface area contributed by atoms with E-state index in [0.29, 0.717) is 5.75 Å². The van der Waals surface area contributed by atoms with Gasteiger partial charge in [0.05, 0.1) is 18.1 Å². The Balaban J connectivity index is 2.64. The summed E-state index contributed by atoms with van der Waals surface area (Å²) in [5.41, 5.74) is -0.132. The molecule has 1 rings (SSSR count). The summed E-state index contributed by atoms with van der Waals surface area (Å²) in [6, 6.07) is 4.23. The lowest BCUT2D eigenvalue weighted by Crippen LogP contribution is -2.56. The Labute approximate surface area is 208 Å². The number of nitro groups is 1. The van der Waals surface area contributed by atoms with Gasteiger partial charge >= 0.3 is 0 Å². The highest BCUT2D eigenvalue weighted by atomic mass is 35.6. The lowest BCUT2D eigenvalue weighted by atomic mass is 10.1. The molecule has 0 fully saturated rings. The second-order valence-electron chi connectivity index (χ2n) is 7.15. The first-order valence-electron chi connectivity index (χ1n) is 10.3. The quantitative estimate of drug-likeness (QED) is 0.0738. The van der Waals surface area contributed by atoms with Crippen molar-refractivity contribution in [2.24, 2.45) is 0 Å². The fourth-order valence-electron chi connectivity index (χ4n) is 2.86. The molecule has 0 heterocycles. The molecule has 0 saturated carbocycles. The van der Waals surface area contributed by atoms with Crippen molar-refractivity contribution in [3.8, 4) is 5.75 Å². The van der Waals surface area contributed by atoms with E-state index in [1.54, 1.807) is 0 Å². The van der Waals surface area contributed by atoms with Gasteiger partial charge in [-0.2, -0.15) is 0 Å². The van der Waals surface area contributed by atoms with Crippen molar-refractivity contribution < 1.29 is 14.5 Å². The maximum absolute atomic E-state index is 12.3. The minimum atomic E-state index is -1.91. The lowest BCUT2D eigenvalue weighted by molar-refractivity contribution is -0.384. The number of rotatable bonds is 13. The number of ether oxygens (including phenoxy) is 1. The SMILES string of the molecule is CCCCCCCCCC(=O)N[C@H](NC(=S)Nc1ccc(OC)cc1[N+](=O)[O-])C(Cl)(Cl)Cl. The highest BCUT2D eigenvalue weighted by molar-refractivity contribution is 7.80. The molecule has 180 valence electrons. The number of unbranched alkanes of at least 4 members (excludes halogenated alkanes) is 6. The number of carbonyl (C=O) groups is 1. The largest absolute Gasteiger partial charge is 0.496 e. The monoisotopic (exact) mass is 526 g/mol. The highest BCUT2D eigenvalue weighted by Gasteiger charge is 2.34. The molecule has 0 saturated heterocycles. The van der Waals surface area contributed by atoms with E-state index < -0.39 is 14.9 Å². The average molecular weight is 528 g/mol. The van der Waals surface area contributed by atoms with Crippen LogP contribution in [0.1, 0.15) is 58.3 Å². The third kappa shape index (κ3) is 10.8. The minimum absolute atomic E-state index is 0.0641. The van der Waals surface area contributed by atoms with Crippen LogP contribution in [0.3, 0.4) is 0 Å². The second kappa shape index (κ2) is 14.6. The Morgan fingerprint density at radius 3 is 2.34 bits per heavy atom. The zero-order chi connectivity index (χ0) is 24.1. The smallest absolute Gasteiger partial charge is 0.296 e. The Kier molecular flexibility index (Phi) is 13.0. The second-order valence-corrected chi connectivity index (χ2v) is 9.93. The van der Waals surface area contributed by atoms with Crippen molar-refractivity contribution in [2.45, 2.75) is 68.2 Å². The van der Waals surface area contributed by atoms with Gasteiger partial charge in [-0.15, -0.1) is 0 Å². The van der Waals surface area contributed by atoms with E-state index in [4.69, 9.17) is 51.8 Å². The predicted molar refractivity (Wildman–Crippen MR) is 134 cm³/mol. The van der Waals surface area contributed by atoms with Gasteiger partial charge in [0.2, 0.25) is 9.70 Å². The van der Waals surface area contributed by atoms with Crippen molar-refractivity contribution in [1.82, 2.24) is 10.6 Å². The van der Waals surface area contributed by atoms with Gasteiger partial charge in [-0.1, -0.05) is 80.3 Å². The van der Waals surface area contributed by atoms with Gasteiger partial charge < -0.3 is 20.7 Å². The molecular formula is C20H29Cl3N4O4S. The van der Waals surface area contributed by atoms with Gasteiger partial charge in [-0.05, 0) is 30.8 Å². The maximum Gasteiger partial charge on any atom is 0.296 e. The van der Waals surface area contributed by atoms with E-state index in [9.17, 15) is 14.9 Å². The molecule has 0 bridgehead atoms. The van der Waals surface area contributed by atoms with Crippen LogP contribution in [-0.2, 0) is 4.79 Å². The van der Waals surface area contributed by atoms with Crippen LogP contribution < -0.4 is 20.7 Å². The first-order valence-corrected chi connectivity index (χ1v) is 11.9. The molecule has 0 spiro atoms. The molecule has 0 unspecified atom stereocenters. The third-order valence-corrected chi connectivity index (χ3v) is 5.44. The predicted octanol–water partition coefficient (Wildman–Crippen LogP) is 5.84. The van der Waals surface area contributed by atoms with Gasteiger partial charge in [0, 0.05) is 6.42 Å². The Morgan fingerprint density at radius 2 is 1.78 bits per heavy atom. The molecule has 0 aromatic heterocycles. The van der Waals surface area contributed by atoms with Gasteiger partial charge in [0.25, 0.3) is 5.69 Å². The molecule has 1 amide bonds. The van der Waals surface area contributed by atoms with Crippen LogP contribution in [0.15, 0.2) is 18.2 Å². The van der Waals surface area contributed by atoms with E-state index in [2.05, 4.69) is 22.9 Å². The lowest BCUT2D eigenvalue weighted by Gasteiger charge is -2.27. The number of nitrogens with zero attached hydrogens (tertiary/aromatic N) is 1. The molecular weight excluding hydrogens is 499 g/mol. The fourth-order valence-corrected chi connectivity index (χ4v) is 3.42. The maximum atomic E-state index is 12.3. The Morgan fingerprint density at radius 1 is 1.16 bits per heavy atom. The summed E-state index contributed by atoms with van der Waals surface area (Å²) in [7, 11) is 1.40. The van der Waals surface area contributed by atoms with Crippen LogP contribution >= 0.6 is 47.0 Å². The fraction of sp³-hybridized carbons (Fsp3) is 0.600. The zero-order valence-electron chi connectivity index (χ0n) is 18.1. The molecule has 1 atom stereocenters. The van der Waals surface area contributed by atoms with E-state index in [0.717, 1.165) is 25.7 Å². The molecule has 0 aliphatic rings. The van der Waals surface area contributed by atoms with Crippen LogP contribution in [0, 0.1) is 10.1 Å². The summed E-state index contributed by atoms with van der Waals surface area (Å²) >= 11 is 23.2. The average Bonchev–Trinajstić information content (AvgIpc) is 2.72. The summed E-state index contributed by atoms with van der Waals surface area (Å²) in [6.45, 7) is 2.17.